The Labute approximate surface area is 228 Å². The molecule has 3 heterocycles. The molecule has 1 aliphatic heterocycles. The number of nitrogens with zero attached hydrogens (tertiary/aromatic N) is 4. The molecule has 1 saturated heterocycles. The van der Waals surface area contributed by atoms with Crippen LogP contribution in [0.3, 0.4) is 0 Å². The maximum absolute atomic E-state index is 15.2. The normalized spacial score (nSPS) is 14.4. The van der Waals surface area contributed by atoms with E-state index < -0.39 is 41.8 Å². The molecule has 216 valence electrons. The molecule has 0 aliphatic carbocycles. The number of hydrogen-bond donors (Lipinski definition) is 3. The fourth-order valence-electron chi connectivity index (χ4n) is 4.65. The van der Waals surface area contributed by atoms with E-state index in [9.17, 15) is 26.7 Å². The number of amides is 2. The number of carbonyl (C=O) groups is 1. The zero-order valence-electron chi connectivity index (χ0n) is 21.2. The highest BCUT2D eigenvalue weighted by Crippen LogP contribution is 2.38. The minimum Gasteiger partial charge on any atom is -0.382 e. The molecule has 4 aromatic rings. The van der Waals surface area contributed by atoms with Gasteiger partial charge < -0.3 is 21.1 Å². The summed E-state index contributed by atoms with van der Waals surface area (Å²) in [6, 6.07) is 3.95. The molecule has 0 atom stereocenters. The van der Waals surface area contributed by atoms with Crippen LogP contribution in [0.1, 0.15) is 16.8 Å². The summed E-state index contributed by atoms with van der Waals surface area (Å²) >= 11 is 0. The first-order chi connectivity index (χ1) is 19.6. The second-order valence-corrected chi connectivity index (χ2v) is 9.19. The smallest absolute Gasteiger partial charge is 0.382 e. The van der Waals surface area contributed by atoms with E-state index in [1.54, 1.807) is 0 Å². The maximum Gasteiger partial charge on any atom is 0.416 e. The van der Waals surface area contributed by atoms with Gasteiger partial charge >= 0.3 is 12.2 Å². The molecule has 2 aromatic heterocycles. The van der Waals surface area contributed by atoms with Crippen molar-refractivity contribution in [1.29, 1.82) is 0 Å². The standard InChI is InChI=1S/C26H23F6N7O2/c27-11-16-21(12-38-5-7-41-8-6-38)39-23(24(33)34-13-35-39)22(16)14-1-4-19(18(29)9-14)36-25(40)37-20-10-15(26(30,31)32)2-3-17(20)28/h1-4,9-10,13H,5-8,11-12H2,(H2,33,34,35)(H2,36,37,40). The summed E-state index contributed by atoms with van der Waals surface area (Å²) in [5.41, 5.74) is 5.37. The third-order valence-electron chi connectivity index (χ3n) is 6.62. The minimum absolute atomic E-state index is 0.0445. The van der Waals surface area contributed by atoms with Gasteiger partial charge in [0.25, 0.3) is 0 Å². The molecule has 15 heteroatoms. The summed E-state index contributed by atoms with van der Waals surface area (Å²) in [7, 11) is 0. The zero-order valence-corrected chi connectivity index (χ0v) is 21.2. The topological polar surface area (TPSA) is 110 Å². The van der Waals surface area contributed by atoms with Gasteiger partial charge in [-0.25, -0.2) is 27.5 Å². The molecule has 5 rings (SSSR count). The van der Waals surface area contributed by atoms with Crippen LogP contribution in [-0.4, -0.2) is 51.8 Å². The van der Waals surface area contributed by atoms with Gasteiger partial charge in [0.2, 0.25) is 0 Å². The highest BCUT2D eigenvalue weighted by atomic mass is 19.4. The second-order valence-electron chi connectivity index (χ2n) is 9.19. The highest BCUT2D eigenvalue weighted by Gasteiger charge is 2.31. The summed E-state index contributed by atoms with van der Waals surface area (Å²) < 4.78 is 89.5. The average Bonchev–Trinajstić information content (AvgIpc) is 3.25. The number of halogens is 6. The predicted molar refractivity (Wildman–Crippen MR) is 138 cm³/mol. The van der Waals surface area contributed by atoms with E-state index in [4.69, 9.17) is 10.5 Å². The van der Waals surface area contributed by atoms with Crippen molar-refractivity contribution in [2.75, 3.05) is 42.7 Å². The lowest BCUT2D eigenvalue weighted by Gasteiger charge is -2.26. The molecular weight excluding hydrogens is 556 g/mol. The van der Waals surface area contributed by atoms with Crippen molar-refractivity contribution in [2.45, 2.75) is 19.4 Å². The third-order valence-corrected chi connectivity index (χ3v) is 6.62. The van der Waals surface area contributed by atoms with Crippen molar-refractivity contribution in [3.05, 3.63) is 71.2 Å². The van der Waals surface area contributed by atoms with Crippen LogP contribution in [0.5, 0.6) is 0 Å². The highest BCUT2D eigenvalue weighted by molar-refractivity contribution is 6.00. The van der Waals surface area contributed by atoms with Gasteiger partial charge in [0.15, 0.2) is 5.82 Å². The number of nitrogens with one attached hydrogen (secondary N) is 2. The number of nitrogen functional groups attached to an aromatic ring is 1. The van der Waals surface area contributed by atoms with E-state index in [-0.39, 0.29) is 33.7 Å². The number of urea groups is 1. The van der Waals surface area contributed by atoms with Crippen LogP contribution in [0.4, 0.5) is 48.3 Å². The molecule has 1 aliphatic rings. The van der Waals surface area contributed by atoms with Gasteiger partial charge in [0.05, 0.1) is 35.8 Å². The van der Waals surface area contributed by atoms with Crippen molar-refractivity contribution in [3.63, 3.8) is 0 Å². The Morgan fingerprint density at radius 2 is 1.76 bits per heavy atom. The summed E-state index contributed by atoms with van der Waals surface area (Å²) in [4.78, 5) is 18.4. The van der Waals surface area contributed by atoms with E-state index in [2.05, 4.69) is 20.3 Å². The van der Waals surface area contributed by atoms with Crippen LogP contribution in [0, 0.1) is 11.6 Å². The van der Waals surface area contributed by atoms with Crippen LogP contribution >= 0.6 is 0 Å². The predicted octanol–water partition coefficient (Wildman–Crippen LogP) is 5.22. The largest absolute Gasteiger partial charge is 0.416 e. The Balaban J connectivity index is 1.45. The first kappa shape index (κ1) is 28.2. The fourth-order valence-corrected chi connectivity index (χ4v) is 4.65. The molecular formula is C26H23F6N7O2. The molecule has 0 saturated carbocycles. The van der Waals surface area contributed by atoms with Gasteiger partial charge in [-0.15, -0.1) is 0 Å². The number of fused-ring (bicyclic) bond motifs is 1. The first-order valence-electron chi connectivity index (χ1n) is 12.3. The van der Waals surface area contributed by atoms with Crippen LogP contribution in [0.2, 0.25) is 0 Å². The van der Waals surface area contributed by atoms with Crippen molar-refractivity contribution in [3.8, 4) is 11.1 Å². The van der Waals surface area contributed by atoms with Crippen molar-refractivity contribution in [2.24, 2.45) is 0 Å². The molecule has 41 heavy (non-hydrogen) atoms. The van der Waals surface area contributed by atoms with Crippen LogP contribution in [0.25, 0.3) is 16.6 Å². The van der Waals surface area contributed by atoms with E-state index in [1.165, 1.54) is 23.0 Å². The average molecular weight is 580 g/mol. The van der Waals surface area contributed by atoms with E-state index in [0.717, 1.165) is 6.07 Å². The first-order valence-corrected chi connectivity index (χ1v) is 12.3. The number of carbonyl (C=O) groups excluding carboxylic acids is 1. The lowest BCUT2D eigenvalue weighted by Crippen LogP contribution is -2.36. The monoisotopic (exact) mass is 579 g/mol. The molecule has 2 amide bonds. The van der Waals surface area contributed by atoms with E-state index in [0.29, 0.717) is 56.7 Å². The van der Waals surface area contributed by atoms with Crippen LogP contribution < -0.4 is 16.4 Å². The number of nitrogens with two attached hydrogens (primary N) is 1. The third kappa shape index (κ3) is 5.76. The number of ether oxygens (including phenoxy) is 1. The molecule has 9 nitrogen and oxygen atoms in total. The number of benzene rings is 2. The van der Waals surface area contributed by atoms with E-state index >= 15 is 4.39 Å². The molecule has 4 N–H and O–H groups in total. The SMILES string of the molecule is Nc1ncnn2c(CN3CCOCC3)c(CF)c(-c3ccc(NC(=O)Nc4cc(C(F)(F)F)ccc4F)c(F)c3)c12. The number of hydrogen-bond acceptors (Lipinski definition) is 6. The van der Waals surface area contributed by atoms with Crippen molar-refractivity contribution < 1.29 is 35.9 Å². The van der Waals surface area contributed by atoms with Gasteiger partial charge in [0.1, 0.15) is 30.2 Å². The van der Waals surface area contributed by atoms with Gasteiger partial charge in [-0.3, -0.25) is 4.90 Å². The second kappa shape index (κ2) is 11.2. The lowest BCUT2D eigenvalue weighted by molar-refractivity contribution is -0.137. The maximum atomic E-state index is 15.2. The molecule has 1 fully saturated rings. The minimum atomic E-state index is -4.76. The number of aromatic nitrogens is 3. The Hall–Kier alpha value is -4.37. The summed E-state index contributed by atoms with van der Waals surface area (Å²) in [5, 5.41) is 8.34. The van der Waals surface area contributed by atoms with Crippen LogP contribution in [0.15, 0.2) is 42.7 Å². The number of anilines is 3. The number of morpholine rings is 1. The number of rotatable bonds is 6. The van der Waals surface area contributed by atoms with Crippen molar-refractivity contribution in [1.82, 2.24) is 19.5 Å². The summed E-state index contributed by atoms with van der Waals surface area (Å²) in [6.07, 6.45) is -3.53. The van der Waals surface area contributed by atoms with Gasteiger partial charge in [-0.05, 0) is 35.9 Å². The van der Waals surface area contributed by atoms with Gasteiger partial charge in [0, 0.05) is 30.8 Å². The molecule has 0 spiro atoms. The Morgan fingerprint density at radius 3 is 2.44 bits per heavy atom. The van der Waals surface area contributed by atoms with E-state index in [1.807, 2.05) is 5.32 Å². The fraction of sp³-hybridized carbons (Fsp3) is 0.269. The summed E-state index contributed by atoms with van der Waals surface area (Å²) in [6.45, 7) is 1.70. The summed E-state index contributed by atoms with van der Waals surface area (Å²) in [5.74, 6) is -2.02. The van der Waals surface area contributed by atoms with Crippen LogP contribution in [-0.2, 0) is 24.1 Å². The van der Waals surface area contributed by atoms with Gasteiger partial charge in [-0.1, -0.05) is 6.07 Å². The number of alkyl halides is 4. The Kier molecular flexibility index (Phi) is 7.73. The lowest BCUT2D eigenvalue weighted by atomic mass is 10.0. The van der Waals surface area contributed by atoms with Gasteiger partial charge in [-0.2, -0.15) is 18.3 Å². The Morgan fingerprint density at radius 1 is 1.02 bits per heavy atom. The Bertz CT molecular complexity index is 1600. The molecule has 0 radical (unpaired) electrons. The molecule has 0 bridgehead atoms. The molecule has 0 unspecified atom stereocenters. The van der Waals surface area contributed by atoms with Crippen molar-refractivity contribution >= 4 is 28.7 Å². The molecule has 2 aromatic carbocycles. The quantitative estimate of drug-likeness (QED) is 0.270. The zero-order chi connectivity index (χ0) is 29.3.